The van der Waals surface area contributed by atoms with Gasteiger partial charge in [-0.2, -0.15) is 8.42 Å². The maximum Gasteiger partial charge on any atom is 0.284 e. The zero-order valence-corrected chi connectivity index (χ0v) is 14.8. The molecule has 0 unspecified atom stereocenters. The summed E-state index contributed by atoms with van der Waals surface area (Å²) in [4.78, 5) is 12.5. The Morgan fingerprint density at radius 3 is 2.65 bits per heavy atom. The van der Waals surface area contributed by atoms with E-state index in [1.807, 2.05) is 0 Å². The summed E-state index contributed by atoms with van der Waals surface area (Å²) in [5.74, 6) is 0.838. The molecule has 4 rings (SSSR count). The van der Waals surface area contributed by atoms with Crippen molar-refractivity contribution in [3.8, 4) is 11.5 Å². The average Bonchev–Trinajstić information content (AvgIpc) is 3.21. The van der Waals surface area contributed by atoms with Crippen LogP contribution in [0.4, 0.5) is 0 Å². The van der Waals surface area contributed by atoms with Crippen LogP contribution in [-0.2, 0) is 14.8 Å². The topological polar surface area (TPSA) is 94.1 Å². The van der Waals surface area contributed by atoms with Crippen molar-refractivity contribution in [1.82, 2.24) is 5.32 Å². The van der Waals surface area contributed by atoms with Crippen LogP contribution in [0.3, 0.4) is 0 Å². The monoisotopic (exact) mass is 388 g/mol. The highest BCUT2D eigenvalue weighted by Crippen LogP contribution is 2.34. The Kier molecular flexibility index (Phi) is 4.17. The summed E-state index contributed by atoms with van der Waals surface area (Å²) in [6, 6.07) is 13.1. The zero-order valence-electron chi connectivity index (χ0n) is 13.2. The van der Waals surface area contributed by atoms with Crippen LogP contribution in [0.1, 0.15) is 5.56 Å². The first-order valence-corrected chi connectivity index (χ1v) is 9.77. The van der Waals surface area contributed by atoms with Gasteiger partial charge in [-0.1, -0.05) is 24.3 Å². The van der Waals surface area contributed by atoms with E-state index < -0.39 is 15.9 Å². The fraction of sp³-hybridized carbons (Fsp3) is 0.0588. The zero-order chi connectivity index (χ0) is 18.1. The van der Waals surface area contributed by atoms with E-state index in [0.717, 1.165) is 17.3 Å². The van der Waals surface area contributed by atoms with Crippen LogP contribution in [0, 0.1) is 0 Å². The molecule has 0 spiro atoms. The molecule has 0 aromatic heterocycles. The van der Waals surface area contributed by atoms with Crippen LogP contribution >= 0.6 is 11.8 Å². The van der Waals surface area contributed by atoms with Gasteiger partial charge in [0, 0.05) is 0 Å². The highest BCUT2D eigenvalue weighted by molar-refractivity contribution is 8.19. The number of amides is 1. The molecule has 26 heavy (non-hydrogen) atoms. The predicted molar refractivity (Wildman–Crippen MR) is 97.3 cm³/mol. The van der Waals surface area contributed by atoms with E-state index in [-0.39, 0.29) is 16.9 Å². The van der Waals surface area contributed by atoms with Gasteiger partial charge in [0.2, 0.25) is 6.79 Å². The third kappa shape index (κ3) is 3.31. The van der Waals surface area contributed by atoms with Gasteiger partial charge in [-0.3, -0.25) is 10.1 Å². The number of hydrogen-bond acceptors (Lipinski definition) is 6. The fourth-order valence-corrected chi connectivity index (χ4v) is 4.38. The molecule has 0 aliphatic carbocycles. The Bertz CT molecular complexity index is 1050. The number of hydrogen-bond donors (Lipinski definition) is 1. The Hall–Kier alpha value is -2.78. The van der Waals surface area contributed by atoms with Gasteiger partial charge < -0.3 is 9.47 Å². The van der Waals surface area contributed by atoms with E-state index in [9.17, 15) is 13.2 Å². The molecule has 9 heteroatoms. The number of sulfonamides is 1. The maximum atomic E-state index is 12.3. The largest absolute Gasteiger partial charge is 0.454 e. The number of amidine groups is 1. The van der Waals surface area contributed by atoms with Gasteiger partial charge in [0.05, 0.1) is 9.80 Å². The van der Waals surface area contributed by atoms with Crippen LogP contribution < -0.4 is 14.8 Å². The second-order valence-corrected chi connectivity index (χ2v) is 8.00. The van der Waals surface area contributed by atoms with E-state index in [0.29, 0.717) is 16.4 Å². The molecule has 2 aromatic rings. The first-order valence-electron chi connectivity index (χ1n) is 7.52. The molecule has 132 valence electrons. The molecule has 1 fully saturated rings. The molecular weight excluding hydrogens is 376 g/mol. The van der Waals surface area contributed by atoms with E-state index in [4.69, 9.17) is 9.47 Å². The number of ether oxygens (including phenoxy) is 2. The second kappa shape index (κ2) is 6.50. The maximum absolute atomic E-state index is 12.3. The lowest BCUT2D eigenvalue weighted by atomic mass is 10.2. The lowest BCUT2D eigenvalue weighted by Crippen LogP contribution is -2.20. The summed E-state index contributed by atoms with van der Waals surface area (Å²) in [7, 11) is -3.88. The molecule has 1 amide bonds. The van der Waals surface area contributed by atoms with Crippen molar-refractivity contribution < 1.29 is 22.7 Å². The van der Waals surface area contributed by atoms with E-state index in [2.05, 4.69) is 9.71 Å². The minimum absolute atomic E-state index is 0.0193. The van der Waals surface area contributed by atoms with Gasteiger partial charge >= 0.3 is 0 Å². The van der Waals surface area contributed by atoms with Gasteiger partial charge in [0.15, 0.2) is 16.7 Å². The highest BCUT2D eigenvalue weighted by Gasteiger charge is 2.26. The molecule has 2 aromatic carbocycles. The van der Waals surface area contributed by atoms with Gasteiger partial charge in [-0.05, 0) is 47.7 Å². The summed E-state index contributed by atoms with van der Waals surface area (Å²) in [5.41, 5.74) is 0.735. The molecule has 1 N–H and O–H groups in total. The molecule has 0 radical (unpaired) electrons. The average molecular weight is 388 g/mol. The van der Waals surface area contributed by atoms with Gasteiger partial charge in [-0.15, -0.1) is 4.40 Å². The third-order valence-corrected chi connectivity index (χ3v) is 5.91. The Morgan fingerprint density at radius 1 is 1.08 bits per heavy atom. The van der Waals surface area contributed by atoms with Crippen molar-refractivity contribution in [2.24, 2.45) is 4.40 Å². The standard InChI is InChI=1S/C17H12N2O5S2/c20-16-15(9-11-6-7-13-14(8-11)24-10-23-13)25-17(18-16)19-26(21,22)12-4-2-1-3-5-12/h1-9H,10H2,(H,18,19,20)/b15-9-. The van der Waals surface area contributed by atoms with Crippen LogP contribution in [0.2, 0.25) is 0 Å². The number of benzene rings is 2. The summed E-state index contributed by atoms with van der Waals surface area (Å²) in [5, 5.41) is 2.49. The lowest BCUT2D eigenvalue weighted by Gasteiger charge is -1.99. The van der Waals surface area contributed by atoms with Gasteiger partial charge in [0.25, 0.3) is 15.9 Å². The molecule has 0 atom stereocenters. The number of rotatable bonds is 3. The quantitative estimate of drug-likeness (QED) is 0.812. The smallest absolute Gasteiger partial charge is 0.284 e. The molecule has 7 nitrogen and oxygen atoms in total. The first kappa shape index (κ1) is 16.7. The number of carbonyl (C=O) groups is 1. The normalized spacial score (nSPS) is 19.2. The van der Waals surface area contributed by atoms with Gasteiger partial charge in [-0.25, -0.2) is 0 Å². The summed E-state index contributed by atoms with van der Waals surface area (Å²) in [6.07, 6.45) is 1.64. The molecule has 0 bridgehead atoms. The molecule has 2 heterocycles. The van der Waals surface area contributed by atoms with Crippen molar-refractivity contribution in [3.05, 3.63) is 59.0 Å². The molecular formula is C17H12N2O5S2. The van der Waals surface area contributed by atoms with Gasteiger partial charge in [0.1, 0.15) is 0 Å². The van der Waals surface area contributed by atoms with Crippen LogP contribution in [0.15, 0.2) is 62.7 Å². The summed E-state index contributed by atoms with van der Waals surface area (Å²) >= 11 is 0.968. The Balaban J connectivity index is 1.59. The fourth-order valence-electron chi connectivity index (χ4n) is 2.38. The molecule has 2 aliphatic rings. The van der Waals surface area contributed by atoms with Crippen molar-refractivity contribution in [1.29, 1.82) is 0 Å². The minimum atomic E-state index is -3.88. The van der Waals surface area contributed by atoms with Crippen molar-refractivity contribution in [2.45, 2.75) is 4.90 Å². The van der Waals surface area contributed by atoms with E-state index >= 15 is 0 Å². The molecule has 1 saturated heterocycles. The van der Waals surface area contributed by atoms with Crippen molar-refractivity contribution >= 4 is 38.9 Å². The van der Waals surface area contributed by atoms with E-state index in [1.165, 1.54) is 12.1 Å². The Morgan fingerprint density at radius 2 is 1.85 bits per heavy atom. The number of nitrogens with one attached hydrogen (secondary N) is 1. The number of nitrogens with zero attached hydrogens (tertiary/aromatic N) is 1. The number of carbonyl (C=O) groups excluding carboxylic acids is 1. The van der Waals surface area contributed by atoms with Crippen molar-refractivity contribution in [3.63, 3.8) is 0 Å². The highest BCUT2D eigenvalue weighted by atomic mass is 32.2. The third-order valence-electron chi connectivity index (χ3n) is 3.59. The first-order chi connectivity index (χ1) is 12.5. The minimum Gasteiger partial charge on any atom is -0.454 e. The Labute approximate surface area is 153 Å². The van der Waals surface area contributed by atoms with Crippen LogP contribution in [-0.4, -0.2) is 26.3 Å². The van der Waals surface area contributed by atoms with Crippen molar-refractivity contribution in [2.75, 3.05) is 6.79 Å². The van der Waals surface area contributed by atoms with Crippen LogP contribution in [0.5, 0.6) is 11.5 Å². The SMILES string of the molecule is O=C1N/C(=N\S(=O)(=O)c2ccccc2)S/C1=C\c1ccc2c(c1)OCO2. The lowest BCUT2D eigenvalue weighted by molar-refractivity contribution is -0.115. The molecule has 2 aliphatic heterocycles. The number of thioether (sulfide) groups is 1. The second-order valence-electron chi connectivity index (χ2n) is 5.36. The summed E-state index contributed by atoms with van der Waals surface area (Å²) < 4.78 is 38.8. The van der Waals surface area contributed by atoms with E-state index in [1.54, 1.807) is 42.5 Å². The molecule has 0 saturated carbocycles. The summed E-state index contributed by atoms with van der Waals surface area (Å²) in [6.45, 7) is 0.165. The predicted octanol–water partition coefficient (Wildman–Crippen LogP) is 2.36. The number of fused-ring (bicyclic) bond motifs is 1. The van der Waals surface area contributed by atoms with Crippen LogP contribution in [0.25, 0.3) is 6.08 Å².